The number of fused-ring (bicyclic) bond motifs is 2. The van der Waals surface area contributed by atoms with Crippen LogP contribution in [0.1, 0.15) is 92.6 Å². The molecule has 0 unspecified atom stereocenters. The predicted molar refractivity (Wildman–Crippen MR) is 156 cm³/mol. The first-order valence-corrected chi connectivity index (χ1v) is 15.3. The fourth-order valence-corrected chi connectivity index (χ4v) is 7.15. The summed E-state index contributed by atoms with van der Waals surface area (Å²) in [5.74, 6) is 0.197. The maximum absolute atomic E-state index is 14.5. The van der Waals surface area contributed by atoms with E-state index in [4.69, 9.17) is 14.0 Å². The van der Waals surface area contributed by atoms with Gasteiger partial charge in [0.1, 0.15) is 5.60 Å². The summed E-state index contributed by atoms with van der Waals surface area (Å²) in [6.45, 7) is 17.3. The van der Waals surface area contributed by atoms with Gasteiger partial charge in [0, 0.05) is 30.9 Å². The average Bonchev–Trinajstić information content (AvgIpc) is 3.50. The van der Waals surface area contributed by atoms with Gasteiger partial charge in [0.2, 0.25) is 5.91 Å². The Hall–Kier alpha value is -2.10. The first-order valence-electron chi connectivity index (χ1n) is 15.3. The van der Waals surface area contributed by atoms with Crippen LogP contribution in [0.5, 0.6) is 0 Å². The van der Waals surface area contributed by atoms with Crippen LogP contribution in [0.4, 0.5) is 10.5 Å². The molecule has 1 aromatic carbocycles. The number of likely N-dealkylation sites (tertiary alicyclic amines) is 2. The highest BCUT2D eigenvalue weighted by Gasteiger charge is 2.57. The molecule has 0 bridgehead atoms. The van der Waals surface area contributed by atoms with Gasteiger partial charge in [-0.15, -0.1) is 0 Å². The summed E-state index contributed by atoms with van der Waals surface area (Å²) in [6, 6.07) is 7.13. The quantitative estimate of drug-likeness (QED) is 0.524. The number of carbonyl (C=O) groups is 2. The second kappa shape index (κ2) is 9.46. The molecular weight excluding hydrogens is 505 g/mol. The molecule has 9 heteroatoms. The Labute approximate surface area is 239 Å². The molecule has 8 nitrogen and oxygen atoms in total. The lowest BCUT2D eigenvalue weighted by atomic mass is 9.71. The van der Waals surface area contributed by atoms with Gasteiger partial charge in [-0.25, -0.2) is 4.79 Å². The lowest BCUT2D eigenvalue weighted by Crippen LogP contribution is -2.57. The average molecular weight is 552 g/mol. The van der Waals surface area contributed by atoms with E-state index in [1.165, 1.54) is 25.9 Å². The van der Waals surface area contributed by atoms with Gasteiger partial charge in [0.05, 0.1) is 16.6 Å². The zero-order valence-corrected chi connectivity index (χ0v) is 25.4. The van der Waals surface area contributed by atoms with Crippen LogP contribution in [-0.4, -0.2) is 84.0 Å². The molecule has 2 amide bonds. The van der Waals surface area contributed by atoms with E-state index in [-0.39, 0.29) is 18.0 Å². The second-order valence-corrected chi connectivity index (χ2v) is 14.6. The molecule has 5 aliphatic rings. The van der Waals surface area contributed by atoms with Crippen LogP contribution in [0.2, 0.25) is 0 Å². The molecule has 1 spiro atoms. The Bertz CT molecular complexity index is 1160. The summed E-state index contributed by atoms with van der Waals surface area (Å²) in [7, 11) is -0.475. The van der Waals surface area contributed by atoms with Crippen molar-refractivity contribution in [2.24, 2.45) is 0 Å². The number of hydrogen-bond acceptors (Lipinski definition) is 6. The molecule has 4 heterocycles. The fraction of sp³-hybridized carbons (Fsp3) is 0.742. The Morgan fingerprint density at radius 3 is 2.12 bits per heavy atom. The van der Waals surface area contributed by atoms with Gasteiger partial charge in [0.15, 0.2) is 0 Å². The zero-order valence-electron chi connectivity index (χ0n) is 25.4. The predicted octanol–water partition coefficient (Wildman–Crippen LogP) is 4.23. The number of benzene rings is 1. The first kappa shape index (κ1) is 28.0. The number of hydrogen-bond donors (Lipinski definition) is 0. The van der Waals surface area contributed by atoms with Crippen LogP contribution < -0.4 is 10.4 Å². The number of ether oxygens (including phenoxy) is 1. The number of rotatable bonds is 3. The highest BCUT2D eigenvalue weighted by Crippen LogP contribution is 2.51. The van der Waals surface area contributed by atoms with Crippen LogP contribution in [-0.2, 0) is 24.3 Å². The van der Waals surface area contributed by atoms with Crippen molar-refractivity contribution in [1.82, 2.24) is 9.80 Å². The summed E-state index contributed by atoms with van der Waals surface area (Å²) >= 11 is 0. The first-order chi connectivity index (χ1) is 18.7. The van der Waals surface area contributed by atoms with Crippen molar-refractivity contribution in [2.45, 2.75) is 121 Å². The Kier molecular flexibility index (Phi) is 6.63. The van der Waals surface area contributed by atoms with Gasteiger partial charge in [-0.3, -0.25) is 4.79 Å². The van der Waals surface area contributed by atoms with E-state index in [1.807, 2.05) is 20.8 Å². The van der Waals surface area contributed by atoms with Gasteiger partial charge in [-0.2, -0.15) is 0 Å². The minimum atomic E-state index is -0.610. The van der Waals surface area contributed by atoms with Crippen molar-refractivity contribution in [3.05, 3.63) is 23.8 Å². The van der Waals surface area contributed by atoms with Crippen LogP contribution in [0, 0.1) is 0 Å². The van der Waals surface area contributed by atoms with Gasteiger partial charge in [0.25, 0.3) is 0 Å². The molecule has 1 aliphatic carbocycles. The topological polar surface area (TPSA) is 71.6 Å². The van der Waals surface area contributed by atoms with Crippen LogP contribution in [0.3, 0.4) is 0 Å². The summed E-state index contributed by atoms with van der Waals surface area (Å²) in [5.41, 5.74) is 1.03. The third kappa shape index (κ3) is 4.56. The Balaban J connectivity index is 1.28. The van der Waals surface area contributed by atoms with Crippen LogP contribution >= 0.6 is 0 Å². The smallest absolute Gasteiger partial charge is 0.444 e. The Morgan fingerprint density at radius 2 is 1.55 bits per heavy atom. The van der Waals surface area contributed by atoms with E-state index in [0.29, 0.717) is 32.0 Å². The van der Waals surface area contributed by atoms with Crippen LogP contribution in [0.15, 0.2) is 18.2 Å². The van der Waals surface area contributed by atoms with Crippen molar-refractivity contribution < 1.29 is 23.6 Å². The SMILES string of the molecule is CC(C)(C)OC(=O)N1CCC2(CC1)C(=O)N(C1CC(N3CCCC3)C1)c1cc(B3OC(C)(C)C(C)(C)O3)ccc12. The van der Waals surface area contributed by atoms with E-state index >= 15 is 0 Å². The van der Waals surface area contributed by atoms with Gasteiger partial charge >= 0.3 is 13.2 Å². The third-order valence-electron chi connectivity index (χ3n) is 10.3. The van der Waals surface area contributed by atoms with Crippen molar-refractivity contribution >= 4 is 30.3 Å². The van der Waals surface area contributed by atoms with E-state index in [0.717, 1.165) is 29.6 Å². The minimum Gasteiger partial charge on any atom is -0.444 e. The van der Waals surface area contributed by atoms with Crippen molar-refractivity contribution in [2.75, 3.05) is 31.1 Å². The number of carbonyl (C=O) groups excluding carboxylic acids is 2. The molecule has 6 rings (SSSR count). The Morgan fingerprint density at radius 1 is 0.950 bits per heavy atom. The highest BCUT2D eigenvalue weighted by atomic mass is 16.7. The third-order valence-corrected chi connectivity index (χ3v) is 10.3. The largest absolute Gasteiger partial charge is 0.494 e. The molecule has 1 saturated carbocycles. The van der Waals surface area contributed by atoms with Crippen molar-refractivity contribution in [3.63, 3.8) is 0 Å². The standard InChI is InChI=1S/C31H46BN3O5/c1-28(2,3)38-27(37)34-16-12-31(13-17-34)24-11-10-21(32-39-29(4,5)30(6,7)40-32)18-25(24)35(26(31)36)23-19-22(20-23)33-14-8-9-15-33/h10-11,18,22-23H,8-9,12-17,19-20H2,1-7H3. The molecule has 4 aliphatic heterocycles. The molecule has 4 fully saturated rings. The monoisotopic (exact) mass is 551 g/mol. The van der Waals surface area contributed by atoms with E-state index in [2.05, 4.69) is 55.7 Å². The number of nitrogens with zero attached hydrogens (tertiary/aromatic N) is 3. The summed E-state index contributed by atoms with van der Waals surface area (Å²) in [4.78, 5) is 33.7. The minimum absolute atomic E-state index is 0.197. The molecule has 0 radical (unpaired) electrons. The number of amides is 2. The second-order valence-electron chi connectivity index (χ2n) is 14.6. The van der Waals surface area contributed by atoms with E-state index in [9.17, 15) is 9.59 Å². The summed E-state index contributed by atoms with van der Waals surface area (Å²) in [5, 5.41) is 0. The van der Waals surface area contributed by atoms with Gasteiger partial charge < -0.3 is 28.7 Å². The summed E-state index contributed by atoms with van der Waals surface area (Å²) < 4.78 is 18.4. The van der Waals surface area contributed by atoms with E-state index < -0.39 is 29.3 Å². The molecule has 0 aromatic heterocycles. The number of anilines is 1. The molecular formula is C31H46BN3O5. The maximum Gasteiger partial charge on any atom is 0.494 e. The normalized spacial score (nSPS) is 29.2. The van der Waals surface area contributed by atoms with Gasteiger partial charge in [-0.1, -0.05) is 12.1 Å². The lowest BCUT2D eigenvalue weighted by molar-refractivity contribution is -0.126. The fourth-order valence-electron chi connectivity index (χ4n) is 7.15. The zero-order chi connectivity index (χ0) is 28.7. The van der Waals surface area contributed by atoms with Crippen LogP contribution in [0.25, 0.3) is 0 Å². The number of piperidine rings is 1. The van der Waals surface area contributed by atoms with Crippen molar-refractivity contribution in [3.8, 4) is 0 Å². The molecule has 3 saturated heterocycles. The molecule has 218 valence electrons. The highest BCUT2D eigenvalue weighted by molar-refractivity contribution is 6.62. The van der Waals surface area contributed by atoms with Gasteiger partial charge in [-0.05, 0) is 117 Å². The van der Waals surface area contributed by atoms with Crippen molar-refractivity contribution in [1.29, 1.82) is 0 Å². The maximum atomic E-state index is 14.5. The lowest BCUT2D eigenvalue weighted by Gasteiger charge is -2.46. The summed E-state index contributed by atoms with van der Waals surface area (Å²) in [6.07, 6.45) is 5.51. The van der Waals surface area contributed by atoms with E-state index in [1.54, 1.807) is 4.90 Å². The molecule has 1 aromatic rings. The molecule has 40 heavy (non-hydrogen) atoms. The molecule has 0 N–H and O–H groups in total. The molecule has 0 atom stereocenters.